The molecule has 3 heterocycles. The van der Waals surface area contributed by atoms with Crippen LogP contribution in [0.2, 0.25) is 0 Å². The van der Waals surface area contributed by atoms with E-state index in [1.54, 1.807) is 13.3 Å². The molecule has 0 radical (unpaired) electrons. The highest BCUT2D eigenvalue weighted by atomic mass is 16.5. The average Bonchev–Trinajstić information content (AvgIpc) is 3.22. The van der Waals surface area contributed by atoms with Crippen molar-refractivity contribution in [3.8, 4) is 16.9 Å². The molecule has 31 heavy (non-hydrogen) atoms. The smallest absolute Gasteiger partial charge is 0.228 e. The zero-order valence-electron chi connectivity index (χ0n) is 18.7. The van der Waals surface area contributed by atoms with Crippen LogP contribution in [0.5, 0.6) is 5.75 Å². The highest BCUT2D eigenvalue weighted by Crippen LogP contribution is 2.40. The van der Waals surface area contributed by atoms with Crippen molar-refractivity contribution < 1.29 is 14.3 Å². The van der Waals surface area contributed by atoms with Crippen LogP contribution in [0.25, 0.3) is 11.1 Å². The number of anilines is 1. The number of carbonyl (C=O) groups excluding carboxylic acids is 2. The van der Waals surface area contributed by atoms with Crippen LogP contribution in [0.15, 0.2) is 18.5 Å². The number of aromatic nitrogens is 3. The largest absolute Gasteiger partial charge is 0.494 e. The zero-order valence-corrected chi connectivity index (χ0v) is 18.7. The Labute approximate surface area is 182 Å². The summed E-state index contributed by atoms with van der Waals surface area (Å²) in [5.74, 6) is 0.908. The summed E-state index contributed by atoms with van der Waals surface area (Å²) in [6.45, 7) is 6.87. The second kappa shape index (κ2) is 8.32. The van der Waals surface area contributed by atoms with Crippen molar-refractivity contribution in [1.29, 1.82) is 0 Å². The quantitative estimate of drug-likeness (QED) is 0.767. The van der Waals surface area contributed by atoms with Crippen molar-refractivity contribution in [2.45, 2.75) is 65.5 Å². The zero-order chi connectivity index (χ0) is 22.2. The first-order valence-electron chi connectivity index (χ1n) is 10.9. The maximum Gasteiger partial charge on any atom is 0.228 e. The number of methoxy groups -OCH3 is 1. The molecule has 1 aliphatic heterocycles. The van der Waals surface area contributed by atoms with E-state index < -0.39 is 0 Å². The first-order chi connectivity index (χ1) is 14.8. The van der Waals surface area contributed by atoms with E-state index in [1.807, 2.05) is 12.3 Å². The van der Waals surface area contributed by atoms with Gasteiger partial charge in [0.15, 0.2) is 0 Å². The molecule has 2 atom stereocenters. The van der Waals surface area contributed by atoms with Gasteiger partial charge in [-0.25, -0.2) is 4.98 Å². The summed E-state index contributed by atoms with van der Waals surface area (Å²) in [5, 5.41) is 10.5. The Balaban J connectivity index is 1.54. The number of hydrogen-bond donors (Lipinski definition) is 2. The maximum absolute atomic E-state index is 12.9. The van der Waals surface area contributed by atoms with Crippen molar-refractivity contribution in [3.05, 3.63) is 24.2 Å². The predicted molar refractivity (Wildman–Crippen MR) is 118 cm³/mol. The second-order valence-corrected chi connectivity index (χ2v) is 9.52. The molecule has 8 heteroatoms. The van der Waals surface area contributed by atoms with Crippen LogP contribution >= 0.6 is 0 Å². The molecule has 166 valence electrons. The molecule has 2 N–H and O–H groups in total. The average molecular weight is 426 g/mol. The first kappa shape index (κ1) is 21.3. The molecule has 0 bridgehead atoms. The minimum absolute atomic E-state index is 0.0515. The Morgan fingerprint density at radius 3 is 2.77 bits per heavy atom. The fraction of sp³-hybridized carbons (Fsp3) is 0.565. The van der Waals surface area contributed by atoms with Crippen LogP contribution < -0.4 is 15.4 Å². The molecular formula is C23H31N5O3. The van der Waals surface area contributed by atoms with Gasteiger partial charge in [0.05, 0.1) is 19.5 Å². The lowest BCUT2D eigenvalue weighted by molar-refractivity contribution is -0.123. The third-order valence-electron chi connectivity index (χ3n) is 6.25. The fourth-order valence-electron chi connectivity index (χ4n) is 4.83. The number of rotatable bonds is 5. The van der Waals surface area contributed by atoms with Gasteiger partial charge in [-0.2, -0.15) is 5.10 Å². The van der Waals surface area contributed by atoms with E-state index in [2.05, 4.69) is 39.2 Å². The molecule has 1 saturated carbocycles. The van der Waals surface area contributed by atoms with Gasteiger partial charge in [-0.3, -0.25) is 14.3 Å². The monoisotopic (exact) mass is 425 g/mol. The van der Waals surface area contributed by atoms with Crippen molar-refractivity contribution >= 4 is 17.6 Å². The minimum atomic E-state index is -0.140. The van der Waals surface area contributed by atoms with Gasteiger partial charge in [0.25, 0.3) is 0 Å². The minimum Gasteiger partial charge on any atom is -0.494 e. The second-order valence-electron chi connectivity index (χ2n) is 9.52. The Kier molecular flexibility index (Phi) is 5.73. The summed E-state index contributed by atoms with van der Waals surface area (Å²) in [4.78, 5) is 28.7. The molecule has 0 aromatic carbocycles. The van der Waals surface area contributed by atoms with E-state index in [1.165, 1.54) is 12.6 Å². The van der Waals surface area contributed by atoms with Gasteiger partial charge >= 0.3 is 0 Å². The Morgan fingerprint density at radius 2 is 2.03 bits per heavy atom. The number of nitrogens with zero attached hydrogens (tertiary/aromatic N) is 3. The molecule has 2 amide bonds. The van der Waals surface area contributed by atoms with Gasteiger partial charge in [-0.15, -0.1) is 0 Å². The van der Waals surface area contributed by atoms with Gasteiger partial charge in [-0.05, 0) is 37.2 Å². The normalized spacial score (nSPS) is 21.9. The van der Waals surface area contributed by atoms with Crippen molar-refractivity contribution in [2.24, 2.45) is 11.3 Å². The van der Waals surface area contributed by atoms with Gasteiger partial charge < -0.3 is 15.4 Å². The number of amides is 2. The van der Waals surface area contributed by atoms with E-state index >= 15 is 0 Å². The molecule has 2 aromatic rings. The molecule has 0 saturated heterocycles. The molecule has 2 aliphatic rings. The van der Waals surface area contributed by atoms with E-state index in [-0.39, 0.29) is 29.2 Å². The molecule has 1 fully saturated rings. The maximum atomic E-state index is 12.9. The lowest BCUT2D eigenvalue weighted by atomic mass is 9.85. The molecule has 2 aromatic heterocycles. The molecular weight excluding hydrogens is 394 g/mol. The van der Waals surface area contributed by atoms with Crippen LogP contribution in [-0.4, -0.2) is 39.7 Å². The van der Waals surface area contributed by atoms with E-state index in [4.69, 9.17) is 4.74 Å². The van der Waals surface area contributed by atoms with E-state index in [0.717, 1.165) is 43.4 Å². The summed E-state index contributed by atoms with van der Waals surface area (Å²) in [6.07, 6.45) is 7.75. The van der Waals surface area contributed by atoms with Crippen LogP contribution in [0, 0.1) is 11.3 Å². The third-order valence-corrected chi connectivity index (χ3v) is 6.25. The Morgan fingerprint density at radius 1 is 1.23 bits per heavy atom. The summed E-state index contributed by atoms with van der Waals surface area (Å²) in [7, 11) is 1.62. The number of fused-ring (bicyclic) bond motifs is 1. The van der Waals surface area contributed by atoms with Crippen LogP contribution in [0.4, 0.5) is 5.82 Å². The molecule has 0 unspecified atom stereocenters. The molecule has 0 spiro atoms. The fourth-order valence-corrected chi connectivity index (χ4v) is 4.83. The molecule has 8 nitrogen and oxygen atoms in total. The SMILES string of the molecule is COc1cnc(NC(=O)[C@H]2CCC[C@@H](NC(C)=O)C2)cc1-c1cnn2c1CC(C)(C)C2. The van der Waals surface area contributed by atoms with Crippen molar-refractivity contribution in [3.63, 3.8) is 0 Å². The van der Waals surface area contributed by atoms with Gasteiger partial charge in [0, 0.05) is 42.2 Å². The lowest BCUT2D eigenvalue weighted by Gasteiger charge is -2.28. The number of nitrogens with one attached hydrogen (secondary N) is 2. The molecule has 1 aliphatic carbocycles. The Bertz CT molecular complexity index is 997. The van der Waals surface area contributed by atoms with Gasteiger partial charge in [0.1, 0.15) is 11.6 Å². The highest BCUT2D eigenvalue weighted by Gasteiger charge is 2.33. The number of pyridine rings is 1. The number of carbonyl (C=O) groups is 2. The van der Waals surface area contributed by atoms with Crippen LogP contribution in [0.1, 0.15) is 52.1 Å². The standard InChI is InChI=1S/C23H31N5O3/c1-14(29)26-16-7-5-6-15(8-16)22(30)27-21-9-17(20(31-4)12-24-21)18-11-25-28-13-23(2,3)10-19(18)28/h9,11-12,15-16H,5-8,10,13H2,1-4H3,(H,26,29)(H,24,27,30)/t15-,16+/m0/s1. The molecule has 4 rings (SSSR count). The van der Waals surface area contributed by atoms with Crippen LogP contribution in [0.3, 0.4) is 0 Å². The number of hydrogen-bond acceptors (Lipinski definition) is 5. The van der Waals surface area contributed by atoms with E-state index in [9.17, 15) is 9.59 Å². The van der Waals surface area contributed by atoms with E-state index in [0.29, 0.717) is 18.0 Å². The summed E-state index contributed by atoms with van der Waals surface area (Å²) < 4.78 is 7.61. The van der Waals surface area contributed by atoms with Gasteiger partial charge in [-0.1, -0.05) is 20.3 Å². The van der Waals surface area contributed by atoms with Crippen molar-refractivity contribution in [1.82, 2.24) is 20.1 Å². The summed E-state index contributed by atoms with van der Waals surface area (Å²) in [5.41, 5.74) is 3.24. The predicted octanol–water partition coefficient (Wildman–Crippen LogP) is 3.17. The highest BCUT2D eigenvalue weighted by molar-refractivity contribution is 5.92. The summed E-state index contributed by atoms with van der Waals surface area (Å²) in [6, 6.07) is 1.92. The Hall–Kier alpha value is -2.90. The lowest BCUT2D eigenvalue weighted by Crippen LogP contribution is -2.40. The first-order valence-corrected chi connectivity index (χ1v) is 10.9. The third kappa shape index (κ3) is 4.57. The topological polar surface area (TPSA) is 98.1 Å². The van der Waals surface area contributed by atoms with Crippen LogP contribution in [-0.2, 0) is 22.6 Å². The van der Waals surface area contributed by atoms with Gasteiger partial charge in [0.2, 0.25) is 11.8 Å². The summed E-state index contributed by atoms with van der Waals surface area (Å²) >= 11 is 0. The number of ether oxygens (including phenoxy) is 1. The van der Waals surface area contributed by atoms with Crippen molar-refractivity contribution in [2.75, 3.05) is 12.4 Å².